The molecule has 0 aromatic carbocycles. The largest absolute Gasteiger partial charge is 0.481 e. The zero-order valence-corrected chi connectivity index (χ0v) is 10.6. The van der Waals surface area contributed by atoms with E-state index in [0.29, 0.717) is 12.3 Å². The monoisotopic (exact) mass is 218 g/mol. The lowest BCUT2D eigenvalue weighted by Gasteiger charge is -2.01. The van der Waals surface area contributed by atoms with Gasteiger partial charge in [0, 0.05) is 19.6 Å². The molecule has 1 N–H and O–H groups in total. The summed E-state index contributed by atoms with van der Waals surface area (Å²) in [6, 6.07) is 0. The van der Waals surface area contributed by atoms with Gasteiger partial charge >= 0.3 is 5.97 Å². The van der Waals surface area contributed by atoms with Crippen LogP contribution in [-0.4, -0.2) is 24.3 Å². The number of carboxylic acids is 1. The van der Waals surface area contributed by atoms with Crippen molar-refractivity contribution in [3.05, 3.63) is 0 Å². The summed E-state index contributed by atoms with van der Waals surface area (Å²) < 4.78 is 4.83. The van der Waals surface area contributed by atoms with Gasteiger partial charge in [0.15, 0.2) is 0 Å². The molecule has 0 rings (SSSR count). The maximum Gasteiger partial charge on any atom is 0.303 e. The predicted molar refractivity (Wildman–Crippen MR) is 63.1 cm³/mol. The molecular weight excluding hydrogens is 192 g/mol. The normalized spacial score (nSPS) is 9.67. The highest BCUT2D eigenvalue weighted by molar-refractivity contribution is 5.66. The average Bonchev–Trinajstić information content (AvgIpc) is 2.14. The third-order valence-corrected chi connectivity index (χ3v) is 1.83. The molecule has 0 bridgehead atoms. The smallest absolute Gasteiger partial charge is 0.303 e. The topological polar surface area (TPSA) is 46.5 Å². The van der Waals surface area contributed by atoms with Gasteiger partial charge in [0.25, 0.3) is 0 Å². The van der Waals surface area contributed by atoms with Crippen molar-refractivity contribution in [3.8, 4) is 0 Å². The lowest BCUT2D eigenvalue weighted by molar-refractivity contribution is -0.137. The van der Waals surface area contributed by atoms with Gasteiger partial charge in [0.1, 0.15) is 0 Å². The molecule has 0 aliphatic carbocycles. The van der Waals surface area contributed by atoms with Crippen LogP contribution in [0.25, 0.3) is 0 Å². The number of aliphatic carboxylic acids is 1. The van der Waals surface area contributed by atoms with E-state index in [1.54, 1.807) is 0 Å². The van der Waals surface area contributed by atoms with Crippen LogP contribution in [0.5, 0.6) is 0 Å². The number of unbranched alkanes of at least 4 members (excludes halogenated alkanes) is 1. The van der Waals surface area contributed by atoms with E-state index in [0.717, 1.165) is 32.5 Å². The first-order chi connectivity index (χ1) is 7.04. The van der Waals surface area contributed by atoms with E-state index in [4.69, 9.17) is 9.84 Å². The molecule has 0 saturated heterocycles. The summed E-state index contributed by atoms with van der Waals surface area (Å²) >= 11 is 0. The minimum atomic E-state index is -0.677. The van der Waals surface area contributed by atoms with Gasteiger partial charge in [0.05, 0.1) is 0 Å². The Hall–Kier alpha value is -0.570. The van der Waals surface area contributed by atoms with E-state index in [9.17, 15) is 4.79 Å². The molecule has 0 fully saturated rings. The van der Waals surface area contributed by atoms with Crippen LogP contribution in [0.15, 0.2) is 0 Å². The molecule has 15 heavy (non-hydrogen) atoms. The molecule has 0 amide bonds. The second kappa shape index (κ2) is 13.4. The Morgan fingerprint density at radius 1 is 1.20 bits per heavy atom. The van der Waals surface area contributed by atoms with Gasteiger partial charge in [-0.1, -0.05) is 26.7 Å². The summed E-state index contributed by atoms with van der Waals surface area (Å²) in [5.41, 5.74) is 0. The molecule has 92 valence electrons. The van der Waals surface area contributed by atoms with Crippen molar-refractivity contribution in [1.82, 2.24) is 0 Å². The highest BCUT2D eigenvalue weighted by atomic mass is 16.5. The maximum absolute atomic E-state index is 10.0. The standard InChI is InChI=1S/C8H16O2.C4H10O/c1-7(2)5-3-4-6-8(9)10;1-3-5-4-2/h7H,3-6H2,1-2H3,(H,9,10);3-4H2,1-2H3. The fourth-order valence-corrected chi connectivity index (χ4v) is 1.03. The first kappa shape index (κ1) is 16.8. The minimum Gasteiger partial charge on any atom is -0.481 e. The fraction of sp³-hybridized carbons (Fsp3) is 0.917. The predicted octanol–water partition coefficient (Wildman–Crippen LogP) is 3.33. The van der Waals surface area contributed by atoms with E-state index in [-0.39, 0.29) is 0 Å². The van der Waals surface area contributed by atoms with Crippen LogP contribution in [0.1, 0.15) is 53.4 Å². The Morgan fingerprint density at radius 3 is 2.00 bits per heavy atom. The number of hydrogen-bond acceptors (Lipinski definition) is 2. The van der Waals surface area contributed by atoms with Crippen molar-refractivity contribution in [2.24, 2.45) is 5.92 Å². The van der Waals surface area contributed by atoms with Crippen LogP contribution in [0.3, 0.4) is 0 Å². The van der Waals surface area contributed by atoms with E-state index >= 15 is 0 Å². The van der Waals surface area contributed by atoms with E-state index in [1.807, 2.05) is 13.8 Å². The molecule has 3 nitrogen and oxygen atoms in total. The molecular formula is C12H26O3. The second-order valence-electron chi connectivity index (χ2n) is 3.81. The molecule has 0 unspecified atom stereocenters. The number of carbonyl (C=O) groups is 1. The molecule has 0 aliphatic heterocycles. The minimum absolute atomic E-state index is 0.326. The first-order valence-corrected chi connectivity index (χ1v) is 5.84. The van der Waals surface area contributed by atoms with Gasteiger partial charge < -0.3 is 9.84 Å². The summed E-state index contributed by atoms with van der Waals surface area (Å²) in [6.07, 6.45) is 3.34. The summed E-state index contributed by atoms with van der Waals surface area (Å²) in [7, 11) is 0. The summed E-state index contributed by atoms with van der Waals surface area (Å²) in [6.45, 7) is 9.97. The van der Waals surface area contributed by atoms with Gasteiger partial charge in [0.2, 0.25) is 0 Å². The molecule has 0 atom stereocenters. The summed E-state index contributed by atoms with van der Waals surface area (Å²) in [5, 5.41) is 8.28. The van der Waals surface area contributed by atoms with Gasteiger partial charge in [-0.3, -0.25) is 4.79 Å². The molecule has 0 aliphatic rings. The highest BCUT2D eigenvalue weighted by Gasteiger charge is 1.97. The maximum atomic E-state index is 10.0. The Bertz CT molecular complexity index is 131. The van der Waals surface area contributed by atoms with Crippen LogP contribution >= 0.6 is 0 Å². The van der Waals surface area contributed by atoms with Crippen molar-refractivity contribution >= 4 is 5.97 Å². The van der Waals surface area contributed by atoms with Gasteiger partial charge in [-0.15, -0.1) is 0 Å². The first-order valence-electron chi connectivity index (χ1n) is 5.84. The molecule has 0 heterocycles. The third kappa shape index (κ3) is 24.7. The molecule has 0 spiro atoms. The Kier molecular flexibility index (Phi) is 15.1. The van der Waals surface area contributed by atoms with Gasteiger partial charge in [-0.05, 0) is 26.2 Å². The van der Waals surface area contributed by atoms with Crippen molar-refractivity contribution < 1.29 is 14.6 Å². The van der Waals surface area contributed by atoms with Crippen LogP contribution in [0, 0.1) is 5.92 Å². The molecule has 0 radical (unpaired) electrons. The number of carboxylic acid groups (broad SMARTS) is 1. The van der Waals surface area contributed by atoms with Crippen molar-refractivity contribution in [2.75, 3.05) is 13.2 Å². The van der Waals surface area contributed by atoms with E-state index in [1.165, 1.54) is 0 Å². The van der Waals surface area contributed by atoms with Gasteiger partial charge in [-0.2, -0.15) is 0 Å². The molecule has 3 heteroatoms. The lowest BCUT2D eigenvalue weighted by atomic mass is 10.1. The average molecular weight is 218 g/mol. The number of hydrogen-bond donors (Lipinski definition) is 1. The Balaban J connectivity index is 0. The Labute approximate surface area is 93.8 Å². The molecule has 0 saturated carbocycles. The SMILES string of the molecule is CC(C)CCCCC(=O)O.CCOCC. The second-order valence-corrected chi connectivity index (χ2v) is 3.81. The third-order valence-electron chi connectivity index (χ3n) is 1.83. The Morgan fingerprint density at radius 2 is 1.73 bits per heavy atom. The van der Waals surface area contributed by atoms with Crippen LogP contribution in [0.4, 0.5) is 0 Å². The van der Waals surface area contributed by atoms with E-state index < -0.39 is 5.97 Å². The van der Waals surface area contributed by atoms with Crippen LogP contribution < -0.4 is 0 Å². The van der Waals surface area contributed by atoms with Gasteiger partial charge in [-0.25, -0.2) is 0 Å². The number of rotatable bonds is 7. The van der Waals surface area contributed by atoms with Crippen molar-refractivity contribution in [2.45, 2.75) is 53.4 Å². The van der Waals surface area contributed by atoms with Crippen LogP contribution in [-0.2, 0) is 9.53 Å². The molecule has 0 aromatic rings. The van der Waals surface area contributed by atoms with Crippen LogP contribution in [0.2, 0.25) is 0 Å². The highest BCUT2D eigenvalue weighted by Crippen LogP contribution is 2.07. The fourth-order valence-electron chi connectivity index (χ4n) is 1.03. The zero-order chi connectivity index (χ0) is 12.1. The summed E-state index contributed by atoms with van der Waals surface area (Å²) in [4.78, 5) is 10.0. The zero-order valence-electron chi connectivity index (χ0n) is 10.6. The van der Waals surface area contributed by atoms with Crippen molar-refractivity contribution in [1.29, 1.82) is 0 Å². The summed E-state index contributed by atoms with van der Waals surface area (Å²) in [5.74, 6) is 0.0255. The molecule has 0 aromatic heterocycles. The lowest BCUT2D eigenvalue weighted by Crippen LogP contribution is -1.94. The van der Waals surface area contributed by atoms with E-state index in [2.05, 4.69) is 13.8 Å². The number of ether oxygens (including phenoxy) is 1. The quantitative estimate of drug-likeness (QED) is 0.667. The van der Waals surface area contributed by atoms with Crippen molar-refractivity contribution in [3.63, 3.8) is 0 Å².